The van der Waals surface area contributed by atoms with Crippen molar-refractivity contribution in [3.8, 4) is 0 Å². The van der Waals surface area contributed by atoms with Crippen LogP contribution in [0.25, 0.3) is 0 Å². The van der Waals surface area contributed by atoms with E-state index < -0.39 is 6.10 Å². The first-order chi connectivity index (χ1) is 9.31. The molecular formula is C14H20Cl2N2O2. The van der Waals surface area contributed by atoms with Gasteiger partial charge in [-0.2, -0.15) is 0 Å². The molecule has 1 unspecified atom stereocenters. The van der Waals surface area contributed by atoms with E-state index in [1.54, 1.807) is 6.92 Å². The van der Waals surface area contributed by atoms with E-state index in [1.165, 1.54) is 12.1 Å². The predicted molar refractivity (Wildman–Crippen MR) is 84.4 cm³/mol. The Kier molecular flexibility index (Phi) is 6.59. The second-order valence-corrected chi connectivity index (χ2v) is 5.88. The molecule has 0 bridgehead atoms. The monoisotopic (exact) mass is 318 g/mol. The Morgan fingerprint density at radius 2 is 2.00 bits per heavy atom. The van der Waals surface area contributed by atoms with Crippen molar-refractivity contribution in [2.75, 3.05) is 17.7 Å². The lowest BCUT2D eigenvalue weighted by atomic mass is 10.1. The van der Waals surface area contributed by atoms with E-state index in [2.05, 4.69) is 19.2 Å². The molecule has 0 aromatic heterocycles. The zero-order valence-electron chi connectivity index (χ0n) is 11.9. The Balaban J connectivity index is 2.62. The fourth-order valence-corrected chi connectivity index (χ4v) is 2.06. The number of hydrogen-bond donors (Lipinski definition) is 2. The number of hydrogen-bond acceptors (Lipinski definition) is 3. The van der Waals surface area contributed by atoms with E-state index >= 15 is 0 Å². The van der Waals surface area contributed by atoms with Crippen molar-refractivity contribution in [1.29, 1.82) is 0 Å². The van der Waals surface area contributed by atoms with Gasteiger partial charge in [0.05, 0.1) is 16.4 Å². The van der Waals surface area contributed by atoms with Crippen LogP contribution in [0.1, 0.15) is 27.2 Å². The zero-order chi connectivity index (χ0) is 15.3. The Bertz CT molecular complexity index is 455. The second-order valence-electron chi connectivity index (χ2n) is 5.04. The summed E-state index contributed by atoms with van der Waals surface area (Å²) in [7, 11) is 0. The van der Waals surface area contributed by atoms with Crippen molar-refractivity contribution in [2.24, 2.45) is 5.92 Å². The van der Waals surface area contributed by atoms with Crippen molar-refractivity contribution in [2.45, 2.75) is 33.3 Å². The predicted octanol–water partition coefficient (Wildman–Crippen LogP) is 3.97. The lowest BCUT2D eigenvalue weighted by molar-refractivity contribution is -0.126. The van der Waals surface area contributed by atoms with Crippen LogP contribution in [0.5, 0.6) is 0 Å². The molecular weight excluding hydrogens is 299 g/mol. The number of ether oxygens (including phenoxy) is 1. The first-order valence-electron chi connectivity index (χ1n) is 6.48. The molecule has 1 aromatic carbocycles. The maximum Gasteiger partial charge on any atom is 0.253 e. The standard InChI is InChI=1S/C14H20Cl2N2O2/c1-8(2)4-5-20-9(3)14(19)18-13-11(16)6-10(15)7-12(13)17/h6-9H,4-5,17H2,1-3H3,(H,18,19). The van der Waals surface area contributed by atoms with Crippen molar-refractivity contribution >= 4 is 40.5 Å². The van der Waals surface area contributed by atoms with Gasteiger partial charge in [0.25, 0.3) is 5.91 Å². The molecule has 20 heavy (non-hydrogen) atoms. The van der Waals surface area contributed by atoms with E-state index in [-0.39, 0.29) is 5.91 Å². The van der Waals surface area contributed by atoms with Crippen molar-refractivity contribution in [3.05, 3.63) is 22.2 Å². The number of rotatable bonds is 6. The molecule has 0 fully saturated rings. The van der Waals surface area contributed by atoms with Crippen molar-refractivity contribution in [1.82, 2.24) is 0 Å². The third kappa shape index (κ3) is 5.19. The topological polar surface area (TPSA) is 64.3 Å². The smallest absolute Gasteiger partial charge is 0.253 e. The summed E-state index contributed by atoms with van der Waals surface area (Å²) in [4.78, 5) is 12.0. The van der Waals surface area contributed by atoms with Gasteiger partial charge in [0.15, 0.2) is 0 Å². The highest BCUT2D eigenvalue weighted by atomic mass is 35.5. The van der Waals surface area contributed by atoms with Crippen LogP contribution in [0.15, 0.2) is 12.1 Å². The highest BCUT2D eigenvalue weighted by molar-refractivity contribution is 6.37. The van der Waals surface area contributed by atoms with E-state index in [1.807, 2.05) is 0 Å². The summed E-state index contributed by atoms with van der Waals surface area (Å²) in [6.45, 7) is 6.43. The number of nitrogens with two attached hydrogens (primary N) is 1. The van der Waals surface area contributed by atoms with Gasteiger partial charge in [-0.05, 0) is 31.4 Å². The van der Waals surface area contributed by atoms with Crippen molar-refractivity contribution in [3.63, 3.8) is 0 Å². The molecule has 0 spiro atoms. The van der Waals surface area contributed by atoms with Crippen LogP contribution in [-0.4, -0.2) is 18.6 Å². The summed E-state index contributed by atoms with van der Waals surface area (Å²) in [5.41, 5.74) is 6.47. The van der Waals surface area contributed by atoms with Crippen LogP contribution in [0.2, 0.25) is 10.0 Å². The lowest BCUT2D eigenvalue weighted by Crippen LogP contribution is -2.28. The molecule has 0 aliphatic heterocycles. The molecule has 0 aliphatic rings. The van der Waals surface area contributed by atoms with Gasteiger partial charge in [-0.1, -0.05) is 37.0 Å². The molecule has 0 heterocycles. The number of halogens is 2. The molecule has 6 heteroatoms. The fraction of sp³-hybridized carbons (Fsp3) is 0.500. The van der Waals surface area contributed by atoms with Gasteiger partial charge in [0.2, 0.25) is 0 Å². The maximum absolute atomic E-state index is 12.0. The number of benzene rings is 1. The highest BCUT2D eigenvalue weighted by Gasteiger charge is 2.17. The number of anilines is 2. The van der Waals surface area contributed by atoms with Gasteiger partial charge in [0.1, 0.15) is 6.10 Å². The van der Waals surface area contributed by atoms with E-state index in [4.69, 9.17) is 33.7 Å². The van der Waals surface area contributed by atoms with Gasteiger partial charge < -0.3 is 15.8 Å². The first-order valence-corrected chi connectivity index (χ1v) is 7.23. The molecule has 1 aromatic rings. The SMILES string of the molecule is CC(C)CCOC(C)C(=O)Nc1c(N)cc(Cl)cc1Cl. The highest BCUT2D eigenvalue weighted by Crippen LogP contribution is 2.32. The summed E-state index contributed by atoms with van der Waals surface area (Å²) in [6.07, 6.45) is 0.335. The van der Waals surface area contributed by atoms with E-state index in [0.29, 0.717) is 33.9 Å². The molecule has 112 valence electrons. The minimum absolute atomic E-state index is 0.287. The lowest BCUT2D eigenvalue weighted by Gasteiger charge is -2.16. The molecule has 0 saturated heterocycles. The minimum atomic E-state index is -0.570. The quantitative estimate of drug-likeness (QED) is 0.780. The van der Waals surface area contributed by atoms with Crippen LogP contribution in [0.3, 0.4) is 0 Å². The number of carbonyl (C=O) groups excluding carboxylic acids is 1. The average molecular weight is 319 g/mol. The van der Waals surface area contributed by atoms with Crippen LogP contribution >= 0.6 is 23.2 Å². The van der Waals surface area contributed by atoms with Crippen LogP contribution in [0, 0.1) is 5.92 Å². The average Bonchev–Trinajstić information content (AvgIpc) is 2.32. The molecule has 3 N–H and O–H groups in total. The maximum atomic E-state index is 12.0. The molecule has 1 amide bonds. The minimum Gasteiger partial charge on any atom is -0.397 e. The summed E-state index contributed by atoms with van der Waals surface area (Å²) in [5, 5.41) is 3.39. The molecule has 0 saturated carbocycles. The number of carbonyl (C=O) groups is 1. The van der Waals surface area contributed by atoms with E-state index in [9.17, 15) is 4.79 Å². The second kappa shape index (κ2) is 7.72. The molecule has 4 nitrogen and oxygen atoms in total. The van der Waals surface area contributed by atoms with E-state index in [0.717, 1.165) is 6.42 Å². The van der Waals surface area contributed by atoms with Gasteiger partial charge in [-0.15, -0.1) is 0 Å². The zero-order valence-corrected chi connectivity index (χ0v) is 13.4. The Labute approximate surface area is 129 Å². The molecule has 1 atom stereocenters. The molecule has 0 aliphatic carbocycles. The van der Waals surface area contributed by atoms with Gasteiger partial charge >= 0.3 is 0 Å². The van der Waals surface area contributed by atoms with Gasteiger partial charge in [-0.25, -0.2) is 0 Å². The van der Waals surface area contributed by atoms with Crippen molar-refractivity contribution < 1.29 is 9.53 Å². The summed E-state index contributed by atoms with van der Waals surface area (Å²) >= 11 is 11.8. The first kappa shape index (κ1) is 17.1. The Hall–Kier alpha value is -0.970. The summed E-state index contributed by atoms with van der Waals surface area (Å²) in [5.74, 6) is 0.247. The number of nitrogens with one attached hydrogen (secondary N) is 1. The van der Waals surface area contributed by atoms with Gasteiger partial charge in [0, 0.05) is 11.6 Å². The molecule has 0 radical (unpaired) electrons. The van der Waals surface area contributed by atoms with Gasteiger partial charge in [-0.3, -0.25) is 4.79 Å². The molecule has 1 rings (SSSR count). The summed E-state index contributed by atoms with van der Waals surface area (Å²) < 4.78 is 5.47. The fourth-order valence-electron chi connectivity index (χ4n) is 1.51. The number of nitrogen functional groups attached to an aromatic ring is 1. The third-order valence-electron chi connectivity index (χ3n) is 2.77. The normalized spacial score (nSPS) is 12.5. The van der Waals surface area contributed by atoms with Crippen LogP contribution < -0.4 is 11.1 Å². The Morgan fingerprint density at radius 1 is 1.35 bits per heavy atom. The van der Waals surface area contributed by atoms with Crippen LogP contribution in [-0.2, 0) is 9.53 Å². The largest absolute Gasteiger partial charge is 0.397 e. The third-order valence-corrected chi connectivity index (χ3v) is 3.28. The van der Waals surface area contributed by atoms with Crippen LogP contribution in [0.4, 0.5) is 11.4 Å². The Morgan fingerprint density at radius 3 is 2.55 bits per heavy atom. The number of amides is 1. The summed E-state index contributed by atoms with van der Waals surface area (Å²) in [6, 6.07) is 3.06.